The highest BCUT2D eigenvalue weighted by atomic mass is 35.5. The van der Waals surface area contributed by atoms with Crippen LogP contribution in [0.25, 0.3) is 11.0 Å². The Bertz CT molecular complexity index is 612. The lowest BCUT2D eigenvalue weighted by Gasteiger charge is -2.11. The van der Waals surface area contributed by atoms with E-state index in [1.54, 1.807) is 12.1 Å². The number of fused-ring (bicyclic) bond motifs is 1. The SMILES string of the molecule is CN(C(=N)N)C(=O)c1nc2cc(Cl)c(Cl)cc2[nH]1. The number of hydrogen-bond donors (Lipinski definition) is 3. The number of halogens is 2. The Kier molecular flexibility index (Phi) is 3.14. The molecular formula is C10H9Cl2N5O. The standard InChI is InChI=1S/C10H9Cl2N5O/c1-17(10(13)14)9(18)8-15-6-2-4(11)5(12)3-7(6)16-8/h2-3H,1H3,(H3,13,14)(H,15,16). The molecule has 1 aromatic heterocycles. The second-order valence-electron chi connectivity index (χ2n) is 3.62. The fourth-order valence-corrected chi connectivity index (χ4v) is 1.70. The number of guanidine groups is 1. The number of carbonyl (C=O) groups excluding carboxylic acids is 1. The van der Waals surface area contributed by atoms with E-state index in [4.69, 9.17) is 34.3 Å². The second-order valence-corrected chi connectivity index (χ2v) is 4.43. The van der Waals surface area contributed by atoms with E-state index in [2.05, 4.69) is 9.97 Å². The lowest BCUT2D eigenvalue weighted by Crippen LogP contribution is -2.38. The molecule has 1 aromatic carbocycles. The highest BCUT2D eigenvalue weighted by Crippen LogP contribution is 2.26. The molecule has 8 heteroatoms. The summed E-state index contributed by atoms with van der Waals surface area (Å²) < 4.78 is 0. The number of aromatic amines is 1. The molecule has 2 rings (SSSR count). The molecule has 1 heterocycles. The number of aromatic nitrogens is 2. The van der Waals surface area contributed by atoms with Gasteiger partial charge in [-0.15, -0.1) is 0 Å². The minimum Gasteiger partial charge on any atom is -0.370 e. The molecule has 0 aliphatic heterocycles. The lowest BCUT2D eigenvalue weighted by molar-refractivity contribution is 0.0859. The first-order valence-electron chi connectivity index (χ1n) is 4.87. The number of nitrogens with one attached hydrogen (secondary N) is 2. The molecule has 6 nitrogen and oxygen atoms in total. The summed E-state index contributed by atoms with van der Waals surface area (Å²) in [5, 5.41) is 7.91. The molecule has 94 valence electrons. The summed E-state index contributed by atoms with van der Waals surface area (Å²) in [4.78, 5) is 19.7. The molecule has 2 aromatic rings. The van der Waals surface area contributed by atoms with Crippen molar-refractivity contribution in [1.29, 1.82) is 5.41 Å². The molecule has 0 unspecified atom stereocenters. The maximum Gasteiger partial charge on any atom is 0.296 e. The molecule has 18 heavy (non-hydrogen) atoms. The number of H-pyrrole nitrogens is 1. The monoisotopic (exact) mass is 285 g/mol. The van der Waals surface area contributed by atoms with E-state index < -0.39 is 5.91 Å². The van der Waals surface area contributed by atoms with Crippen molar-refractivity contribution in [1.82, 2.24) is 14.9 Å². The second kappa shape index (κ2) is 4.47. The van der Waals surface area contributed by atoms with Gasteiger partial charge in [-0.3, -0.25) is 15.1 Å². The van der Waals surface area contributed by atoms with E-state index in [-0.39, 0.29) is 11.8 Å². The van der Waals surface area contributed by atoms with Crippen LogP contribution < -0.4 is 5.73 Å². The maximum absolute atomic E-state index is 11.9. The Morgan fingerprint density at radius 2 is 2.06 bits per heavy atom. The van der Waals surface area contributed by atoms with E-state index in [1.807, 2.05) is 0 Å². The molecule has 0 saturated heterocycles. The summed E-state index contributed by atoms with van der Waals surface area (Å²) in [7, 11) is 1.39. The molecule has 1 amide bonds. The number of nitrogens with zero attached hydrogens (tertiary/aromatic N) is 2. The Hall–Kier alpha value is -1.79. The predicted molar refractivity (Wildman–Crippen MR) is 70.1 cm³/mol. The van der Waals surface area contributed by atoms with Gasteiger partial charge in [-0.1, -0.05) is 23.2 Å². The third kappa shape index (κ3) is 2.12. The van der Waals surface area contributed by atoms with Gasteiger partial charge in [-0.25, -0.2) is 4.98 Å². The van der Waals surface area contributed by atoms with E-state index in [0.717, 1.165) is 4.90 Å². The van der Waals surface area contributed by atoms with Crippen molar-refractivity contribution in [3.8, 4) is 0 Å². The van der Waals surface area contributed by atoms with Crippen LogP contribution in [-0.4, -0.2) is 33.8 Å². The van der Waals surface area contributed by atoms with Crippen molar-refractivity contribution in [3.05, 3.63) is 28.0 Å². The average Bonchev–Trinajstić information content (AvgIpc) is 2.70. The Morgan fingerprint density at radius 3 is 2.67 bits per heavy atom. The van der Waals surface area contributed by atoms with Crippen molar-refractivity contribution in [2.24, 2.45) is 5.73 Å². The van der Waals surface area contributed by atoms with Crippen molar-refractivity contribution >= 4 is 46.1 Å². The summed E-state index contributed by atoms with van der Waals surface area (Å²) in [6.45, 7) is 0. The Balaban J connectivity index is 2.48. The first-order valence-corrected chi connectivity index (χ1v) is 5.62. The van der Waals surface area contributed by atoms with Crippen LogP contribution in [0.4, 0.5) is 0 Å². The summed E-state index contributed by atoms with van der Waals surface area (Å²) >= 11 is 11.7. The van der Waals surface area contributed by atoms with E-state index in [0.29, 0.717) is 21.1 Å². The number of benzene rings is 1. The highest BCUT2D eigenvalue weighted by molar-refractivity contribution is 6.42. The molecule has 0 radical (unpaired) electrons. The molecule has 4 N–H and O–H groups in total. The normalized spacial score (nSPS) is 10.6. The number of rotatable bonds is 1. The van der Waals surface area contributed by atoms with Gasteiger partial charge in [0.15, 0.2) is 11.8 Å². The predicted octanol–water partition coefficient (Wildman–Crippen LogP) is 1.84. The van der Waals surface area contributed by atoms with Gasteiger partial charge < -0.3 is 10.7 Å². The lowest BCUT2D eigenvalue weighted by atomic mass is 10.3. The van der Waals surface area contributed by atoms with E-state index >= 15 is 0 Å². The largest absolute Gasteiger partial charge is 0.370 e. The van der Waals surface area contributed by atoms with Crippen LogP contribution >= 0.6 is 23.2 Å². The Morgan fingerprint density at radius 1 is 1.44 bits per heavy atom. The zero-order valence-electron chi connectivity index (χ0n) is 9.29. The molecular weight excluding hydrogens is 277 g/mol. The smallest absolute Gasteiger partial charge is 0.296 e. The van der Waals surface area contributed by atoms with Crippen molar-refractivity contribution < 1.29 is 4.79 Å². The van der Waals surface area contributed by atoms with E-state index in [1.165, 1.54) is 7.05 Å². The Labute approximate surface area is 112 Å². The quantitative estimate of drug-likeness (QED) is 0.551. The van der Waals surface area contributed by atoms with Gasteiger partial charge in [0.2, 0.25) is 0 Å². The van der Waals surface area contributed by atoms with Crippen molar-refractivity contribution in [2.75, 3.05) is 7.05 Å². The van der Waals surface area contributed by atoms with Gasteiger partial charge in [-0.2, -0.15) is 0 Å². The topological polar surface area (TPSA) is 98.9 Å². The van der Waals surface area contributed by atoms with Gasteiger partial charge in [0.25, 0.3) is 5.91 Å². The number of nitrogens with two attached hydrogens (primary N) is 1. The van der Waals surface area contributed by atoms with E-state index in [9.17, 15) is 4.79 Å². The fourth-order valence-electron chi connectivity index (χ4n) is 1.37. The van der Waals surface area contributed by atoms with Gasteiger partial charge in [0.05, 0.1) is 21.1 Å². The van der Waals surface area contributed by atoms with Crippen LogP contribution in [0.15, 0.2) is 12.1 Å². The molecule has 0 atom stereocenters. The summed E-state index contributed by atoms with van der Waals surface area (Å²) in [5.41, 5.74) is 6.33. The third-order valence-corrected chi connectivity index (χ3v) is 3.11. The number of imidazole rings is 1. The molecule has 0 spiro atoms. The van der Waals surface area contributed by atoms with Crippen LogP contribution in [0.1, 0.15) is 10.6 Å². The minimum atomic E-state index is -0.508. The van der Waals surface area contributed by atoms with Crippen molar-refractivity contribution in [3.63, 3.8) is 0 Å². The maximum atomic E-state index is 11.9. The molecule has 0 bridgehead atoms. The number of amides is 1. The minimum absolute atomic E-state index is 0.0704. The summed E-state index contributed by atoms with van der Waals surface area (Å²) in [6.07, 6.45) is 0. The molecule has 0 saturated carbocycles. The highest BCUT2D eigenvalue weighted by Gasteiger charge is 2.18. The van der Waals surface area contributed by atoms with Gasteiger partial charge in [0.1, 0.15) is 0 Å². The average molecular weight is 286 g/mol. The number of carbonyl (C=O) groups is 1. The van der Waals surface area contributed by atoms with Gasteiger partial charge >= 0.3 is 0 Å². The summed E-state index contributed by atoms with van der Waals surface area (Å²) in [5.74, 6) is -0.802. The fraction of sp³-hybridized carbons (Fsp3) is 0.100. The van der Waals surface area contributed by atoms with Crippen LogP contribution in [0.3, 0.4) is 0 Å². The first kappa shape index (κ1) is 12.7. The van der Waals surface area contributed by atoms with Crippen LogP contribution in [0, 0.1) is 5.41 Å². The van der Waals surface area contributed by atoms with Crippen LogP contribution in [-0.2, 0) is 0 Å². The molecule has 0 fully saturated rings. The molecule has 0 aliphatic rings. The van der Waals surface area contributed by atoms with Crippen molar-refractivity contribution in [2.45, 2.75) is 0 Å². The third-order valence-electron chi connectivity index (χ3n) is 2.39. The summed E-state index contributed by atoms with van der Waals surface area (Å²) in [6, 6.07) is 3.14. The van der Waals surface area contributed by atoms with Crippen LogP contribution in [0.2, 0.25) is 10.0 Å². The molecule has 0 aliphatic carbocycles. The first-order chi connectivity index (χ1) is 8.40. The number of hydrogen-bond acceptors (Lipinski definition) is 3. The zero-order chi connectivity index (χ0) is 13.4. The van der Waals surface area contributed by atoms with Gasteiger partial charge in [-0.05, 0) is 12.1 Å². The van der Waals surface area contributed by atoms with Crippen LogP contribution in [0.5, 0.6) is 0 Å². The van der Waals surface area contributed by atoms with Gasteiger partial charge in [0, 0.05) is 7.05 Å². The zero-order valence-corrected chi connectivity index (χ0v) is 10.8.